The van der Waals surface area contributed by atoms with Crippen LogP contribution in [-0.2, 0) is 9.47 Å². The Morgan fingerprint density at radius 3 is 2.44 bits per heavy atom. The van der Waals surface area contributed by atoms with Gasteiger partial charge >= 0.3 is 5.97 Å². The van der Waals surface area contributed by atoms with Gasteiger partial charge in [0.05, 0.1) is 18.9 Å². The molecule has 0 radical (unpaired) electrons. The number of nitrogens with zero attached hydrogens (tertiary/aromatic N) is 2. The number of aromatic nitrogens is 1. The van der Waals surface area contributed by atoms with E-state index in [-0.39, 0.29) is 5.56 Å². The third-order valence-electron chi connectivity index (χ3n) is 2.50. The predicted octanol–water partition coefficient (Wildman–Crippen LogP) is 0.879. The molecule has 0 spiro atoms. The molecule has 1 N–H and O–H groups in total. The molecule has 0 amide bonds. The average molecular weight is 254 g/mol. The van der Waals surface area contributed by atoms with Crippen LogP contribution >= 0.6 is 0 Å². The maximum absolute atomic E-state index is 11.1. The van der Waals surface area contributed by atoms with Gasteiger partial charge in [-0.25, -0.2) is 4.79 Å². The van der Waals surface area contributed by atoms with Crippen molar-refractivity contribution in [2.45, 2.75) is 0 Å². The second-order valence-electron chi connectivity index (χ2n) is 3.67. The van der Waals surface area contributed by atoms with Crippen molar-refractivity contribution in [1.29, 1.82) is 0 Å². The van der Waals surface area contributed by atoms with Crippen LogP contribution in [0.25, 0.3) is 0 Å². The van der Waals surface area contributed by atoms with Crippen molar-refractivity contribution in [3.8, 4) is 0 Å². The zero-order chi connectivity index (χ0) is 13.4. The Hall–Kier alpha value is -1.66. The van der Waals surface area contributed by atoms with Crippen LogP contribution in [0.2, 0.25) is 0 Å². The van der Waals surface area contributed by atoms with E-state index in [4.69, 9.17) is 14.6 Å². The van der Waals surface area contributed by atoms with Crippen LogP contribution in [-0.4, -0.2) is 56.6 Å². The van der Waals surface area contributed by atoms with Crippen LogP contribution in [0.1, 0.15) is 10.4 Å². The zero-order valence-corrected chi connectivity index (χ0v) is 10.6. The van der Waals surface area contributed by atoms with E-state index in [1.807, 2.05) is 4.90 Å². The van der Waals surface area contributed by atoms with Crippen LogP contribution in [0.4, 0.5) is 5.69 Å². The van der Waals surface area contributed by atoms with E-state index >= 15 is 0 Å². The highest BCUT2D eigenvalue weighted by atomic mass is 16.5. The molecule has 6 nitrogen and oxygen atoms in total. The molecule has 0 aliphatic carbocycles. The minimum absolute atomic E-state index is 0.185. The highest BCUT2D eigenvalue weighted by Crippen LogP contribution is 2.19. The summed E-state index contributed by atoms with van der Waals surface area (Å²) in [5, 5.41) is 9.14. The molecule has 100 valence electrons. The van der Waals surface area contributed by atoms with E-state index in [0.717, 1.165) is 0 Å². The van der Waals surface area contributed by atoms with Gasteiger partial charge < -0.3 is 19.5 Å². The average Bonchev–Trinajstić information content (AvgIpc) is 2.39. The Kier molecular flexibility index (Phi) is 6.10. The van der Waals surface area contributed by atoms with Gasteiger partial charge in [0.15, 0.2) is 0 Å². The fourth-order valence-electron chi connectivity index (χ4n) is 1.58. The molecule has 18 heavy (non-hydrogen) atoms. The Labute approximate surface area is 106 Å². The number of hydrogen-bond acceptors (Lipinski definition) is 5. The number of carboxylic acids is 1. The molecule has 6 heteroatoms. The number of rotatable bonds is 8. The van der Waals surface area contributed by atoms with Crippen molar-refractivity contribution in [3.63, 3.8) is 0 Å². The van der Waals surface area contributed by atoms with Gasteiger partial charge in [0.1, 0.15) is 5.56 Å². The molecule has 0 unspecified atom stereocenters. The molecule has 0 saturated carbocycles. The van der Waals surface area contributed by atoms with Gasteiger partial charge in [-0.3, -0.25) is 4.98 Å². The number of hydrogen-bond donors (Lipinski definition) is 1. The standard InChI is InChI=1S/C12H18N2O4/c1-17-7-5-14(6-8-18-2)11-3-4-13-9-10(11)12(15)16/h3-4,9H,5-8H2,1-2H3,(H,15,16). The maximum atomic E-state index is 11.1. The fourth-order valence-corrected chi connectivity index (χ4v) is 1.58. The quantitative estimate of drug-likeness (QED) is 0.742. The summed E-state index contributed by atoms with van der Waals surface area (Å²) >= 11 is 0. The summed E-state index contributed by atoms with van der Waals surface area (Å²) < 4.78 is 10.1. The molecule has 1 rings (SSSR count). The summed E-state index contributed by atoms with van der Waals surface area (Å²) in [6.45, 7) is 2.24. The lowest BCUT2D eigenvalue weighted by Gasteiger charge is -2.25. The number of pyridine rings is 1. The first-order chi connectivity index (χ1) is 8.70. The highest BCUT2D eigenvalue weighted by molar-refractivity contribution is 5.94. The highest BCUT2D eigenvalue weighted by Gasteiger charge is 2.15. The first-order valence-corrected chi connectivity index (χ1v) is 5.60. The van der Waals surface area contributed by atoms with Crippen LogP contribution < -0.4 is 4.90 Å². The maximum Gasteiger partial charge on any atom is 0.339 e. The van der Waals surface area contributed by atoms with E-state index in [1.54, 1.807) is 26.5 Å². The normalized spacial score (nSPS) is 10.3. The molecule has 0 atom stereocenters. The zero-order valence-electron chi connectivity index (χ0n) is 10.6. The van der Waals surface area contributed by atoms with Gasteiger partial charge in [0, 0.05) is 39.7 Å². The number of methoxy groups -OCH3 is 2. The van der Waals surface area contributed by atoms with Crippen molar-refractivity contribution in [1.82, 2.24) is 4.98 Å². The van der Waals surface area contributed by atoms with Gasteiger partial charge in [0.25, 0.3) is 0 Å². The van der Waals surface area contributed by atoms with E-state index in [0.29, 0.717) is 32.0 Å². The molecule has 0 bridgehead atoms. The molecule has 0 aromatic carbocycles. The van der Waals surface area contributed by atoms with Crippen molar-refractivity contribution >= 4 is 11.7 Å². The topological polar surface area (TPSA) is 71.9 Å². The number of ether oxygens (including phenoxy) is 2. The Balaban J connectivity index is 2.92. The summed E-state index contributed by atoms with van der Waals surface area (Å²) in [6, 6.07) is 1.69. The van der Waals surface area contributed by atoms with Crippen LogP contribution in [0.15, 0.2) is 18.5 Å². The van der Waals surface area contributed by atoms with E-state index in [2.05, 4.69) is 4.98 Å². The predicted molar refractivity (Wildman–Crippen MR) is 67.2 cm³/mol. The Morgan fingerprint density at radius 1 is 1.33 bits per heavy atom. The number of carbonyl (C=O) groups is 1. The summed E-state index contributed by atoms with van der Waals surface area (Å²) in [4.78, 5) is 16.9. The van der Waals surface area contributed by atoms with Gasteiger partial charge in [-0.2, -0.15) is 0 Å². The minimum atomic E-state index is -0.988. The second kappa shape index (κ2) is 7.62. The lowest BCUT2D eigenvalue weighted by molar-refractivity contribution is 0.0697. The van der Waals surface area contributed by atoms with Crippen molar-refractivity contribution < 1.29 is 19.4 Å². The molecule has 0 aliphatic heterocycles. The summed E-state index contributed by atoms with van der Waals surface area (Å²) in [5.74, 6) is -0.988. The molecular formula is C12H18N2O4. The minimum Gasteiger partial charge on any atom is -0.478 e. The van der Waals surface area contributed by atoms with Crippen LogP contribution in [0.3, 0.4) is 0 Å². The third-order valence-corrected chi connectivity index (χ3v) is 2.50. The summed E-state index contributed by atoms with van der Waals surface area (Å²) in [7, 11) is 3.22. The molecule has 1 aromatic rings. The first-order valence-electron chi connectivity index (χ1n) is 5.60. The summed E-state index contributed by atoms with van der Waals surface area (Å²) in [6.07, 6.45) is 2.93. The van der Waals surface area contributed by atoms with Gasteiger partial charge in [-0.15, -0.1) is 0 Å². The molecule has 0 saturated heterocycles. The molecule has 1 aromatic heterocycles. The van der Waals surface area contributed by atoms with E-state index in [9.17, 15) is 4.79 Å². The van der Waals surface area contributed by atoms with Crippen molar-refractivity contribution in [2.75, 3.05) is 45.4 Å². The number of anilines is 1. The molecule has 0 fully saturated rings. The fraction of sp³-hybridized carbons (Fsp3) is 0.500. The Bertz CT molecular complexity index is 376. The SMILES string of the molecule is COCCN(CCOC)c1ccncc1C(=O)O. The molecular weight excluding hydrogens is 236 g/mol. The van der Waals surface area contributed by atoms with E-state index < -0.39 is 5.97 Å². The first kappa shape index (κ1) is 14.4. The molecule has 0 aliphatic rings. The van der Waals surface area contributed by atoms with Crippen LogP contribution in [0, 0.1) is 0 Å². The Morgan fingerprint density at radius 2 is 1.94 bits per heavy atom. The largest absolute Gasteiger partial charge is 0.478 e. The lowest BCUT2D eigenvalue weighted by Crippen LogP contribution is -2.32. The smallest absolute Gasteiger partial charge is 0.339 e. The molecule has 1 heterocycles. The van der Waals surface area contributed by atoms with Crippen molar-refractivity contribution in [3.05, 3.63) is 24.0 Å². The van der Waals surface area contributed by atoms with E-state index in [1.165, 1.54) is 6.20 Å². The second-order valence-corrected chi connectivity index (χ2v) is 3.67. The lowest BCUT2D eigenvalue weighted by atomic mass is 10.2. The van der Waals surface area contributed by atoms with Gasteiger partial charge in [-0.1, -0.05) is 0 Å². The van der Waals surface area contributed by atoms with Crippen LogP contribution in [0.5, 0.6) is 0 Å². The van der Waals surface area contributed by atoms with Gasteiger partial charge in [-0.05, 0) is 6.07 Å². The van der Waals surface area contributed by atoms with Gasteiger partial charge in [0.2, 0.25) is 0 Å². The van der Waals surface area contributed by atoms with Crippen molar-refractivity contribution in [2.24, 2.45) is 0 Å². The third kappa shape index (κ3) is 3.97. The monoisotopic (exact) mass is 254 g/mol. The number of aromatic carboxylic acids is 1. The number of carboxylic acid groups (broad SMARTS) is 1. The summed E-state index contributed by atoms with van der Waals surface area (Å²) in [5.41, 5.74) is 0.816.